The molecule has 4 nitrogen and oxygen atoms in total. The highest BCUT2D eigenvalue weighted by Crippen LogP contribution is 2.37. The molecule has 0 unspecified atom stereocenters. The summed E-state index contributed by atoms with van der Waals surface area (Å²) in [6, 6.07) is 6.27. The van der Waals surface area contributed by atoms with Crippen molar-refractivity contribution in [2.75, 3.05) is 17.3 Å². The fourth-order valence-electron chi connectivity index (χ4n) is 3.38. The highest BCUT2D eigenvalue weighted by Gasteiger charge is 2.37. The number of benzene rings is 2. The van der Waals surface area contributed by atoms with E-state index in [-0.39, 0.29) is 6.07 Å². The van der Waals surface area contributed by atoms with Crippen LogP contribution in [0.1, 0.15) is 35.6 Å². The van der Waals surface area contributed by atoms with Crippen LogP contribution in [0, 0.1) is 19.8 Å². The first-order valence-corrected chi connectivity index (χ1v) is 9.54. The average Bonchev–Trinajstić information content (AvgIpc) is 2.65. The minimum absolute atomic E-state index is 0.0265. The van der Waals surface area contributed by atoms with Gasteiger partial charge in [-0.15, -0.1) is 0 Å². The van der Waals surface area contributed by atoms with Crippen LogP contribution in [0.2, 0.25) is 0 Å². The number of anilines is 2. The van der Waals surface area contributed by atoms with Crippen molar-refractivity contribution in [3.8, 4) is 0 Å². The normalized spacial score (nSPS) is 12.9. The number of carbonyl (C=O) groups is 2. The smallest absolute Gasteiger partial charge is 0.326 e. The molecule has 2 aromatic rings. The molecular weight excluding hydrogens is 438 g/mol. The predicted molar refractivity (Wildman–Crippen MR) is 108 cm³/mol. The number of hydrogen-bond donors (Lipinski definition) is 1. The predicted octanol–water partition coefficient (Wildman–Crippen LogP) is 5.97. The van der Waals surface area contributed by atoms with E-state index >= 15 is 0 Å². The van der Waals surface area contributed by atoms with E-state index in [1.165, 1.54) is 18.9 Å². The van der Waals surface area contributed by atoms with Crippen molar-refractivity contribution in [3.05, 3.63) is 58.7 Å². The maximum Gasteiger partial charge on any atom is 0.416 e. The molecule has 0 saturated heterocycles. The van der Waals surface area contributed by atoms with Gasteiger partial charge in [-0.1, -0.05) is 25.1 Å². The largest absolute Gasteiger partial charge is 0.416 e. The minimum Gasteiger partial charge on any atom is -0.326 e. The highest BCUT2D eigenvalue weighted by atomic mass is 19.4. The van der Waals surface area contributed by atoms with Crippen molar-refractivity contribution < 1.29 is 35.9 Å². The van der Waals surface area contributed by atoms with Gasteiger partial charge in [-0.2, -0.15) is 26.3 Å². The van der Waals surface area contributed by atoms with Crippen LogP contribution in [0.25, 0.3) is 0 Å². The maximum absolute atomic E-state index is 13.0. The number of nitrogens with one attached hydrogen (secondary N) is 1. The zero-order chi connectivity index (χ0) is 24.4. The Morgan fingerprint density at radius 2 is 1.41 bits per heavy atom. The van der Waals surface area contributed by atoms with Gasteiger partial charge >= 0.3 is 12.4 Å². The van der Waals surface area contributed by atoms with Gasteiger partial charge in [-0.3, -0.25) is 9.59 Å². The van der Waals surface area contributed by atoms with Crippen molar-refractivity contribution in [2.45, 2.75) is 39.5 Å². The summed E-state index contributed by atoms with van der Waals surface area (Å²) in [5.74, 6) is -2.17. The third kappa shape index (κ3) is 6.02. The molecule has 1 N–H and O–H groups in total. The number of halogens is 6. The van der Waals surface area contributed by atoms with Crippen LogP contribution >= 0.6 is 0 Å². The molecule has 0 aliphatic rings. The molecule has 10 heteroatoms. The molecule has 2 aromatic carbocycles. The molecule has 0 heterocycles. The number of nitrogens with zero attached hydrogens (tertiary/aromatic N) is 1. The molecule has 1 atom stereocenters. The second-order valence-corrected chi connectivity index (χ2v) is 7.59. The lowest BCUT2D eigenvalue weighted by molar-refractivity contribution is -0.143. The summed E-state index contributed by atoms with van der Waals surface area (Å²) < 4.78 is 77.8. The Hall–Kier alpha value is -3.04. The van der Waals surface area contributed by atoms with E-state index in [0.717, 1.165) is 11.1 Å². The van der Waals surface area contributed by atoms with Gasteiger partial charge in [-0.05, 0) is 43.2 Å². The third-order valence-electron chi connectivity index (χ3n) is 4.89. The van der Waals surface area contributed by atoms with Gasteiger partial charge in [0.25, 0.3) is 0 Å². The Balaban J connectivity index is 2.19. The Morgan fingerprint density at radius 1 is 0.938 bits per heavy atom. The average molecular weight is 460 g/mol. The summed E-state index contributed by atoms with van der Waals surface area (Å²) in [5.41, 5.74) is -1.40. The molecule has 0 bridgehead atoms. The van der Waals surface area contributed by atoms with E-state index in [1.807, 2.05) is 37.4 Å². The lowest BCUT2D eigenvalue weighted by Crippen LogP contribution is -2.34. The summed E-state index contributed by atoms with van der Waals surface area (Å²) in [6.07, 6.45) is -10.5. The second-order valence-electron chi connectivity index (χ2n) is 7.59. The molecule has 0 fully saturated rings. The van der Waals surface area contributed by atoms with E-state index in [1.54, 1.807) is 0 Å². The zero-order valence-electron chi connectivity index (χ0n) is 17.8. The summed E-state index contributed by atoms with van der Waals surface area (Å²) in [5, 5.41) is 2.04. The van der Waals surface area contributed by atoms with Crippen LogP contribution in [0.4, 0.5) is 37.7 Å². The molecule has 0 radical (unpaired) electrons. The number of alkyl halides is 6. The van der Waals surface area contributed by atoms with Gasteiger partial charge in [0.15, 0.2) is 0 Å². The van der Waals surface area contributed by atoms with Crippen molar-refractivity contribution in [3.63, 3.8) is 0 Å². The number of para-hydroxylation sites is 1. The van der Waals surface area contributed by atoms with Crippen LogP contribution in [-0.4, -0.2) is 18.9 Å². The third-order valence-corrected chi connectivity index (χ3v) is 4.89. The zero-order valence-corrected chi connectivity index (χ0v) is 17.8. The molecule has 0 saturated carbocycles. The van der Waals surface area contributed by atoms with Crippen LogP contribution in [0.15, 0.2) is 36.4 Å². The van der Waals surface area contributed by atoms with E-state index in [0.29, 0.717) is 17.8 Å². The Morgan fingerprint density at radius 3 is 1.84 bits per heavy atom. The summed E-state index contributed by atoms with van der Waals surface area (Å²) in [7, 11) is 1.54. The molecule has 0 aliphatic heterocycles. The summed E-state index contributed by atoms with van der Waals surface area (Å²) in [6.45, 7) is 5.09. The number of aryl methyl sites for hydroxylation is 2. The molecule has 0 aliphatic carbocycles. The number of carbonyl (C=O) groups excluding carboxylic acids is 2. The van der Waals surface area contributed by atoms with Gasteiger partial charge in [-0.25, -0.2) is 0 Å². The lowest BCUT2D eigenvalue weighted by Gasteiger charge is -2.24. The molecular formula is C22H22F6N2O2. The first-order chi connectivity index (χ1) is 14.6. The summed E-state index contributed by atoms with van der Waals surface area (Å²) in [4.78, 5) is 26.4. The summed E-state index contributed by atoms with van der Waals surface area (Å²) >= 11 is 0. The monoisotopic (exact) mass is 460 g/mol. The van der Waals surface area contributed by atoms with E-state index in [2.05, 4.69) is 0 Å². The first-order valence-electron chi connectivity index (χ1n) is 9.54. The molecule has 0 aromatic heterocycles. The molecule has 2 rings (SSSR count). The molecule has 2 amide bonds. The number of rotatable bonds is 5. The van der Waals surface area contributed by atoms with Gasteiger partial charge in [0.05, 0.1) is 11.1 Å². The van der Waals surface area contributed by atoms with E-state index in [4.69, 9.17) is 0 Å². The second kappa shape index (κ2) is 9.22. The first kappa shape index (κ1) is 25.2. The fraction of sp³-hybridized carbons (Fsp3) is 0.364. The van der Waals surface area contributed by atoms with Gasteiger partial charge < -0.3 is 10.2 Å². The lowest BCUT2D eigenvalue weighted by atomic mass is 10.0. The molecule has 32 heavy (non-hydrogen) atoms. The number of hydrogen-bond acceptors (Lipinski definition) is 2. The fourth-order valence-corrected chi connectivity index (χ4v) is 3.38. The standard InChI is InChI=1S/C22H22F6N2O2/c1-12-6-5-7-13(2)19(12)30(4)20(32)14(3)8-18(31)29-17-10-15(21(23,24)25)9-16(11-17)22(26,27)28/h5-7,9-11,14H,8H2,1-4H3,(H,29,31)/t14-/m1/s1. The van der Waals surface area contributed by atoms with Crippen molar-refractivity contribution in [1.29, 1.82) is 0 Å². The molecule has 0 spiro atoms. The highest BCUT2D eigenvalue weighted by molar-refractivity contribution is 6.00. The Bertz CT molecular complexity index is 962. The quantitative estimate of drug-likeness (QED) is 0.559. The Kier molecular flexibility index (Phi) is 7.26. The van der Waals surface area contributed by atoms with Crippen LogP contribution in [0.3, 0.4) is 0 Å². The van der Waals surface area contributed by atoms with Crippen molar-refractivity contribution in [2.24, 2.45) is 5.92 Å². The van der Waals surface area contributed by atoms with Crippen LogP contribution < -0.4 is 10.2 Å². The Labute approximate surface area is 181 Å². The minimum atomic E-state index is -5.03. The van der Waals surface area contributed by atoms with Gasteiger partial charge in [0, 0.05) is 30.8 Å². The van der Waals surface area contributed by atoms with Gasteiger partial charge in [0.1, 0.15) is 0 Å². The maximum atomic E-state index is 13.0. The topological polar surface area (TPSA) is 49.4 Å². The van der Waals surface area contributed by atoms with Crippen molar-refractivity contribution in [1.82, 2.24) is 0 Å². The SMILES string of the molecule is Cc1cccc(C)c1N(C)C(=O)[C@H](C)CC(=O)Nc1cc(C(F)(F)F)cc(C(F)(F)F)c1. The van der Waals surface area contributed by atoms with E-state index < -0.39 is 53.3 Å². The van der Waals surface area contributed by atoms with Gasteiger partial charge in [0.2, 0.25) is 11.8 Å². The van der Waals surface area contributed by atoms with E-state index in [9.17, 15) is 35.9 Å². The molecule has 174 valence electrons. The van der Waals surface area contributed by atoms with Crippen molar-refractivity contribution >= 4 is 23.2 Å². The van der Waals surface area contributed by atoms with Crippen LogP contribution in [0.5, 0.6) is 0 Å². The number of amides is 2. The van der Waals surface area contributed by atoms with Crippen LogP contribution in [-0.2, 0) is 21.9 Å².